The molecular formula is C36H36N4O8. The Morgan fingerprint density at radius 3 is 2.38 bits per heavy atom. The third-order valence-electron chi connectivity index (χ3n) is 10.8. The Bertz CT molecular complexity index is 1900. The molecule has 1 N–H and O–H groups in total. The highest BCUT2D eigenvalue weighted by molar-refractivity contribution is 6.21. The number of benzene rings is 3. The van der Waals surface area contributed by atoms with Gasteiger partial charge in [0.1, 0.15) is 11.8 Å². The van der Waals surface area contributed by atoms with Gasteiger partial charge in [-0.25, -0.2) is 0 Å². The summed E-state index contributed by atoms with van der Waals surface area (Å²) >= 11 is 0. The molecule has 4 unspecified atom stereocenters. The summed E-state index contributed by atoms with van der Waals surface area (Å²) in [5.74, 6) is 1.37. The number of amides is 2. The molecule has 2 bridgehead atoms. The fourth-order valence-electron chi connectivity index (χ4n) is 8.84. The minimum absolute atomic E-state index is 0.00990. The molecule has 0 saturated carbocycles. The molecule has 0 spiro atoms. The van der Waals surface area contributed by atoms with Crippen molar-refractivity contribution in [2.75, 3.05) is 41.4 Å². The summed E-state index contributed by atoms with van der Waals surface area (Å²) < 4.78 is 29.4. The number of ether oxygens (including phenoxy) is 5. The van der Waals surface area contributed by atoms with Crippen LogP contribution in [0.3, 0.4) is 0 Å². The van der Waals surface area contributed by atoms with Crippen LogP contribution in [0.25, 0.3) is 0 Å². The summed E-state index contributed by atoms with van der Waals surface area (Å²) in [6, 6.07) is 9.25. The number of phenols is 1. The van der Waals surface area contributed by atoms with Crippen LogP contribution in [0.4, 0.5) is 0 Å². The van der Waals surface area contributed by atoms with Crippen molar-refractivity contribution in [3.63, 3.8) is 0 Å². The summed E-state index contributed by atoms with van der Waals surface area (Å²) in [4.78, 5) is 33.2. The number of likely N-dealkylation sites (N-methyl/N-ethyl adjacent to an activating group) is 1. The first-order valence-corrected chi connectivity index (χ1v) is 16.0. The summed E-state index contributed by atoms with van der Waals surface area (Å²) in [5.41, 5.74) is 5.42. The van der Waals surface area contributed by atoms with Gasteiger partial charge in [-0.3, -0.25) is 24.3 Å². The lowest BCUT2D eigenvalue weighted by molar-refractivity contribution is -0.0766. The molecule has 3 aromatic rings. The number of phenolic OH excluding ortho intramolecular Hbond substituents is 1. The number of piperazine rings is 1. The number of rotatable bonds is 6. The molecule has 2 amide bonds. The van der Waals surface area contributed by atoms with Crippen molar-refractivity contribution < 1.29 is 38.4 Å². The molecule has 248 valence electrons. The topological polar surface area (TPSA) is 134 Å². The predicted molar refractivity (Wildman–Crippen MR) is 170 cm³/mol. The minimum atomic E-state index is -0.691. The minimum Gasteiger partial charge on any atom is -0.507 e. The van der Waals surface area contributed by atoms with E-state index in [9.17, 15) is 20.0 Å². The van der Waals surface area contributed by atoms with Crippen LogP contribution in [0.15, 0.2) is 30.3 Å². The molecule has 5 aliphatic heterocycles. The van der Waals surface area contributed by atoms with Crippen LogP contribution < -0.4 is 18.9 Å². The van der Waals surface area contributed by atoms with E-state index in [1.165, 1.54) is 4.90 Å². The highest BCUT2D eigenvalue weighted by Crippen LogP contribution is 2.58. The molecule has 5 aliphatic rings. The van der Waals surface area contributed by atoms with E-state index >= 15 is 0 Å². The standard InChI is InChI=1S/C36H36N4O8/c1-17-10-19-11-23-25(13-37)40-24(29(38(23)3)27(19)33(31(17)45-5)46-15-44-4)12-22-28(34-32(47-16-48-34)18(2)30(22)41)26(40)14-39-35(42)20-8-6-7-9-21(20)36(39)43/h6-10,23-26,29,41H,11-12,14-16H2,1-5H3/t23?,24?,25?,26?,29-/m0/s1. The normalized spacial score (nSPS) is 25.2. The Labute approximate surface area is 277 Å². The van der Waals surface area contributed by atoms with Crippen LogP contribution >= 0.6 is 0 Å². The lowest BCUT2D eigenvalue weighted by Gasteiger charge is -2.60. The Morgan fingerprint density at radius 1 is 1.00 bits per heavy atom. The number of fused-ring (bicyclic) bond motifs is 10. The first-order valence-electron chi connectivity index (χ1n) is 16.0. The van der Waals surface area contributed by atoms with Crippen LogP contribution in [0.2, 0.25) is 0 Å². The number of aryl methyl sites for hydroxylation is 1. The Morgan fingerprint density at radius 2 is 1.71 bits per heavy atom. The third-order valence-corrected chi connectivity index (χ3v) is 10.8. The van der Waals surface area contributed by atoms with Crippen LogP contribution in [0.5, 0.6) is 28.7 Å². The molecule has 0 aliphatic carbocycles. The van der Waals surface area contributed by atoms with Crippen LogP contribution in [-0.2, 0) is 17.6 Å². The van der Waals surface area contributed by atoms with Crippen LogP contribution in [0, 0.1) is 25.2 Å². The number of hydrogen-bond acceptors (Lipinski definition) is 11. The van der Waals surface area contributed by atoms with E-state index in [0.29, 0.717) is 63.7 Å². The van der Waals surface area contributed by atoms with Crippen molar-refractivity contribution in [3.05, 3.63) is 74.8 Å². The highest BCUT2D eigenvalue weighted by Gasteiger charge is 2.57. The lowest BCUT2D eigenvalue weighted by Crippen LogP contribution is -2.69. The zero-order valence-electron chi connectivity index (χ0n) is 27.4. The second kappa shape index (κ2) is 11.1. The largest absolute Gasteiger partial charge is 0.507 e. The van der Waals surface area contributed by atoms with Gasteiger partial charge in [0.25, 0.3) is 11.8 Å². The molecule has 5 heterocycles. The summed E-state index contributed by atoms with van der Waals surface area (Å²) in [6.45, 7) is 3.69. The molecular weight excluding hydrogens is 616 g/mol. The van der Waals surface area contributed by atoms with Crippen molar-refractivity contribution >= 4 is 11.8 Å². The van der Waals surface area contributed by atoms with Gasteiger partial charge in [0.05, 0.1) is 36.4 Å². The van der Waals surface area contributed by atoms with Crippen molar-refractivity contribution in [1.29, 1.82) is 5.26 Å². The van der Waals surface area contributed by atoms with Crippen LogP contribution in [-0.4, -0.2) is 91.1 Å². The molecule has 1 saturated heterocycles. The van der Waals surface area contributed by atoms with Gasteiger partial charge in [-0.15, -0.1) is 0 Å². The highest BCUT2D eigenvalue weighted by atomic mass is 16.7. The molecule has 0 radical (unpaired) electrons. The summed E-state index contributed by atoms with van der Waals surface area (Å²) in [7, 11) is 5.20. The Balaban J connectivity index is 1.35. The Hall–Kier alpha value is -4.83. The van der Waals surface area contributed by atoms with E-state index in [4.69, 9.17) is 23.7 Å². The molecule has 3 aromatic carbocycles. The monoisotopic (exact) mass is 652 g/mol. The SMILES string of the molecule is COCOc1c(OC)c(C)cc2c1[C@@H]1C3Cc4c(O)c(C)c5c(c4C(CN4C(=O)c6ccccc6C4=O)N3C(C#N)C(C2)N1C)OCO5. The smallest absolute Gasteiger partial charge is 0.261 e. The summed E-state index contributed by atoms with van der Waals surface area (Å²) in [5, 5.41) is 22.7. The maximum Gasteiger partial charge on any atom is 0.261 e. The maximum atomic E-state index is 13.8. The molecule has 48 heavy (non-hydrogen) atoms. The van der Waals surface area contributed by atoms with Crippen molar-refractivity contribution in [1.82, 2.24) is 14.7 Å². The van der Waals surface area contributed by atoms with Crippen LogP contribution in [0.1, 0.15) is 66.2 Å². The van der Waals surface area contributed by atoms with E-state index < -0.39 is 23.9 Å². The fraction of sp³-hybridized carbons (Fsp3) is 0.417. The van der Waals surface area contributed by atoms with Gasteiger partial charge in [-0.2, -0.15) is 5.26 Å². The average molecular weight is 653 g/mol. The number of carbonyl (C=O) groups excluding carboxylic acids is 2. The summed E-state index contributed by atoms with van der Waals surface area (Å²) in [6.07, 6.45) is 0.915. The van der Waals surface area contributed by atoms with E-state index in [2.05, 4.69) is 21.9 Å². The number of nitrogens with zero attached hydrogens (tertiary/aromatic N) is 4. The molecule has 8 rings (SSSR count). The van der Waals surface area contributed by atoms with Gasteiger partial charge in [0.2, 0.25) is 6.79 Å². The first-order chi connectivity index (χ1) is 23.2. The second-order valence-corrected chi connectivity index (χ2v) is 13.1. The number of nitriles is 1. The molecule has 5 atom stereocenters. The number of imide groups is 1. The maximum absolute atomic E-state index is 13.8. The van der Waals surface area contributed by atoms with Crippen molar-refractivity contribution in [2.24, 2.45) is 0 Å². The van der Waals surface area contributed by atoms with Crippen molar-refractivity contribution in [3.8, 4) is 34.8 Å². The quantitative estimate of drug-likeness (QED) is 0.308. The first kappa shape index (κ1) is 30.5. The lowest BCUT2D eigenvalue weighted by atomic mass is 9.71. The zero-order valence-corrected chi connectivity index (χ0v) is 27.4. The molecule has 1 fully saturated rings. The number of hydrogen-bond donors (Lipinski definition) is 1. The van der Waals surface area contributed by atoms with E-state index in [0.717, 1.165) is 16.7 Å². The molecule has 12 nitrogen and oxygen atoms in total. The van der Waals surface area contributed by atoms with Gasteiger partial charge < -0.3 is 28.8 Å². The molecule has 0 aromatic heterocycles. The van der Waals surface area contributed by atoms with Gasteiger partial charge in [0.15, 0.2) is 29.8 Å². The third kappa shape index (κ3) is 4.04. The van der Waals surface area contributed by atoms with E-state index in [1.807, 2.05) is 14.0 Å². The van der Waals surface area contributed by atoms with Gasteiger partial charge in [0, 0.05) is 48.0 Å². The molecule has 12 heteroatoms. The Kier molecular flexibility index (Phi) is 7.07. The van der Waals surface area contributed by atoms with Gasteiger partial charge >= 0.3 is 0 Å². The van der Waals surface area contributed by atoms with Gasteiger partial charge in [-0.1, -0.05) is 18.2 Å². The van der Waals surface area contributed by atoms with E-state index in [1.54, 1.807) is 45.4 Å². The fourth-order valence-corrected chi connectivity index (χ4v) is 8.84. The second-order valence-electron chi connectivity index (χ2n) is 13.1. The number of aromatic hydroxyl groups is 1. The number of methoxy groups -OCH3 is 2. The van der Waals surface area contributed by atoms with E-state index in [-0.39, 0.29) is 44.0 Å². The number of carbonyl (C=O) groups is 2. The predicted octanol–water partition coefficient (Wildman–Crippen LogP) is 3.80. The van der Waals surface area contributed by atoms with Gasteiger partial charge in [-0.05, 0) is 57.0 Å². The average Bonchev–Trinajstić information content (AvgIpc) is 3.66. The van der Waals surface area contributed by atoms with Crippen molar-refractivity contribution in [2.45, 2.75) is 56.9 Å². The zero-order chi connectivity index (χ0) is 33.6.